The van der Waals surface area contributed by atoms with E-state index < -0.39 is 17.7 Å². The molecule has 3 amide bonds. The molecular weight excluding hydrogens is 286 g/mol. The zero-order valence-corrected chi connectivity index (χ0v) is 12.5. The molecule has 7 heteroatoms. The molecule has 1 aromatic rings. The van der Waals surface area contributed by atoms with Crippen LogP contribution in [-0.2, 0) is 14.4 Å². The zero-order valence-electron chi connectivity index (χ0n) is 12.5. The number of carbonyl (C=O) groups is 3. The van der Waals surface area contributed by atoms with Crippen molar-refractivity contribution in [1.29, 1.82) is 0 Å². The molecule has 0 aromatic heterocycles. The second-order valence-electron chi connectivity index (χ2n) is 5.28. The van der Waals surface area contributed by atoms with Crippen LogP contribution in [0.25, 0.3) is 0 Å². The summed E-state index contributed by atoms with van der Waals surface area (Å²) in [4.78, 5) is 34.8. The number of rotatable bonds is 6. The third-order valence-electron chi connectivity index (χ3n) is 3.13. The van der Waals surface area contributed by atoms with E-state index in [1.54, 1.807) is 18.2 Å². The minimum atomic E-state index is -0.812. The number of nitrogens with one attached hydrogen (secondary N) is 3. The summed E-state index contributed by atoms with van der Waals surface area (Å²) in [7, 11) is 0. The molecule has 0 spiro atoms. The summed E-state index contributed by atoms with van der Waals surface area (Å²) in [6, 6.07) is 7.12. The van der Waals surface area contributed by atoms with Gasteiger partial charge in [-0.25, -0.2) is 0 Å². The van der Waals surface area contributed by atoms with Crippen LogP contribution < -0.4 is 20.9 Å². The minimum Gasteiger partial charge on any atom is -0.489 e. The van der Waals surface area contributed by atoms with Crippen LogP contribution in [0.2, 0.25) is 0 Å². The molecule has 0 saturated carbocycles. The Kier molecular flexibility index (Phi) is 4.98. The topological polar surface area (TPSA) is 96.5 Å². The number of anilines is 1. The lowest BCUT2D eigenvalue weighted by Crippen LogP contribution is -2.28. The monoisotopic (exact) mass is 305 g/mol. The lowest BCUT2D eigenvalue weighted by Gasteiger charge is -2.14. The second kappa shape index (κ2) is 6.93. The molecular formula is C15H19N3O4. The van der Waals surface area contributed by atoms with Gasteiger partial charge in [-0.05, 0) is 32.4 Å². The van der Waals surface area contributed by atoms with E-state index in [-0.39, 0.29) is 24.9 Å². The van der Waals surface area contributed by atoms with Crippen molar-refractivity contribution in [2.75, 3.05) is 5.32 Å². The van der Waals surface area contributed by atoms with Gasteiger partial charge in [0.25, 0.3) is 11.8 Å². The van der Waals surface area contributed by atoms with Crippen LogP contribution in [0.4, 0.5) is 5.69 Å². The molecule has 1 fully saturated rings. The van der Waals surface area contributed by atoms with E-state index >= 15 is 0 Å². The molecule has 0 bridgehead atoms. The molecule has 3 N–H and O–H groups in total. The average Bonchev–Trinajstić information content (AvgIpc) is 2.77. The summed E-state index contributed by atoms with van der Waals surface area (Å²) in [5, 5.41) is 2.74. The fourth-order valence-electron chi connectivity index (χ4n) is 2.09. The Labute approximate surface area is 128 Å². The molecule has 0 atom stereocenters. The number of para-hydroxylation sites is 2. The van der Waals surface area contributed by atoms with Crippen molar-refractivity contribution in [1.82, 2.24) is 10.9 Å². The first-order chi connectivity index (χ1) is 10.5. The molecule has 0 radical (unpaired) electrons. The number of benzene rings is 1. The maximum atomic E-state index is 12.0. The SMILES string of the molecule is CC(C)Oc1ccccc1NC(=O)CCC1C(=O)NNC1=O. The van der Waals surface area contributed by atoms with Crippen LogP contribution in [0.3, 0.4) is 0 Å². The van der Waals surface area contributed by atoms with E-state index in [4.69, 9.17) is 4.74 Å². The highest BCUT2D eigenvalue weighted by Crippen LogP contribution is 2.25. The van der Waals surface area contributed by atoms with Gasteiger partial charge in [-0.15, -0.1) is 0 Å². The second-order valence-corrected chi connectivity index (χ2v) is 5.28. The molecule has 1 heterocycles. The average molecular weight is 305 g/mol. The maximum absolute atomic E-state index is 12.0. The van der Waals surface area contributed by atoms with Gasteiger partial charge in [-0.1, -0.05) is 12.1 Å². The van der Waals surface area contributed by atoms with E-state index in [0.29, 0.717) is 11.4 Å². The predicted molar refractivity (Wildman–Crippen MR) is 79.8 cm³/mol. The van der Waals surface area contributed by atoms with Gasteiger partial charge in [0, 0.05) is 6.42 Å². The highest BCUT2D eigenvalue weighted by Gasteiger charge is 2.32. The highest BCUT2D eigenvalue weighted by atomic mass is 16.5. The quantitative estimate of drug-likeness (QED) is 0.682. The Morgan fingerprint density at radius 2 is 1.86 bits per heavy atom. The van der Waals surface area contributed by atoms with Gasteiger partial charge in [0.2, 0.25) is 5.91 Å². The van der Waals surface area contributed by atoms with Crippen molar-refractivity contribution in [3.63, 3.8) is 0 Å². The lowest BCUT2D eigenvalue weighted by atomic mass is 10.0. The molecule has 7 nitrogen and oxygen atoms in total. The molecule has 0 unspecified atom stereocenters. The van der Waals surface area contributed by atoms with Crippen molar-refractivity contribution in [3.05, 3.63) is 24.3 Å². The molecule has 22 heavy (non-hydrogen) atoms. The van der Waals surface area contributed by atoms with Gasteiger partial charge in [0.1, 0.15) is 11.7 Å². The van der Waals surface area contributed by atoms with Gasteiger partial charge in [-0.2, -0.15) is 0 Å². The first-order valence-corrected chi connectivity index (χ1v) is 7.12. The first kappa shape index (κ1) is 15.8. The third kappa shape index (κ3) is 3.97. The fourth-order valence-corrected chi connectivity index (χ4v) is 2.09. The normalized spacial score (nSPS) is 14.7. The third-order valence-corrected chi connectivity index (χ3v) is 3.13. The van der Waals surface area contributed by atoms with Crippen LogP contribution in [0.5, 0.6) is 5.75 Å². The maximum Gasteiger partial charge on any atom is 0.251 e. The first-order valence-electron chi connectivity index (χ1n) is 7.12. The Balaban J connectivity index is 1.92. The zero-order chi connectivity index (χ0) is 16.1. The summed E-state index contributed by atoms with van der Waals surface area (Å²) in [5.74, 6) is -1.30. The molecule has 2 rings (SSSR count). The van der Waals surface area contributed by atoms with Gasteiger partial charge >= 0.3 is 0 Å². The van der Waals surface area contributed by atoms with Crippen LogP contribution in [0.15, 0.2) is 24.3 Å². The number of amides is 3. The molecule has 1 aliphatic rings. The van der Waals surface area contributed by atoms with Gasteiger partial charge in [0.15, 0.2) is 0 Å². The fraction of sp³-hybridized carbons (Fsp3) is 0.400. The van der Waals surface area contributed by atoms with Crippen LogP contribution >= 0.6 is 0 Å². The summed E-state index contributed by atoms with van der Waals surface area (Å²) < 4.78 is 5.62. The standard InChI is InChI=1S/C15H19N3O4/c1-9(2)22-12-6-4-3-5-11(12)16-13(19)8-7-10-14(20)17-18-15(10)21/h3-6,9-10H,7-8H2,1-2H3,(H,16,19)(H,17,20)(H,18,21). The molecule has 1 aliphatic heterocycles. The molecule has 0 aliphatic carbocycles. The summed E-state index contributed by atoms with van der Waals surface area (Å²) in [6.45, 7) is 3.80. The number of hydrogen-bond donors (Lipinski definition) is 3. The Morgan fingerprint density at radius 1 is 1.23 bits per heavy atom. The van der Waals surface area contributed by atoms with Crippen LogP contribution in [0, 0.1) is 5.92 Å². The van der Waals surface area contributed by atoms with E-state index in [0.717, 1.165) is 0 Å². The van der Waals surface area contributed by atoms with Crippen molar-refractivity contribution in [3.8, 4) is 5.75 Å². The van der Waals surface area contributed by atoms with Crippen molar-refractivity contribution in [2.24, 2.45) is 5.92 Å². The van der Waals surface area contributed by atoms with E-state index in [2.05, 4.69) is 16.2 Å². The summed E-state index contributed by atoms with van der Waals surface area (Å²) in [5.41, 5.74) is 5.04. The number of hydrogen-bond acceptors (Lipinski definition) is 4. The number of ether oxygens (including phenoxy) is 1. The molecule has 1 saturated heterocycles. The lowest BCUT2D eigenvalue weighted by molar-refractivity contribution is -0.128. The van der Waals surface area contributed by atoms with E-state index in [9.17, 15) is 14.4 Å². The Bertz CT molecular complexity index is 570. The molecule has 1 aromatic carbocycles. The van der Waals surface area contributed by atoms with Gasteiger partial charge < -0.3 is 10.1 Å². The number of hydrazine groups is 1. The van der Waals surface area contributed by atoms with E-state index in [1.807, 2.05) is 19.9 Å². The van der Waals surface area contributed by atoms with Crippen molar-refractivity contribution >= 4 is 23.4 Å². The van der Waals surface area contributed by atoms with Crippen LogP contribution in [0.1, 0.15) is 26.7 Å². The van der Waals surface area contributed by atoms with Crippen molar-refractivity contribution < 1.29 is 19.1 Å². The van der Waals surface area contributed by atoms with Crippen molar-refractivity contribution in [2.45, 2.75) is 32.8 Å². The minimum absolute atomic E-state index is 0.0102. The van der Waals surface area contributed by atoms with E-state index in [1.165, 1.54) is 0 Å². The Hall–Kier alpha value is -2.57. The predicted octanol–water partition coefficient (Wildman–Crippen LogP) is 0.970. The van der Waals surface area contributed by atoms with Gasteiger partial charge in [0.05, 0.1) is 11.8 Å². The van der Waals surface area contributed by atoms with Crippen LogP contribution in [-0.4, -0.2) is 23.8 Å². The largest absolute Gasteiger partial charge is 0.489 e. The highest BCUT2D eigenvalue weighted by molar-refractivity contribution is 6.05. The number of carbonyl (C=O) groups excluding carboxylic acids is 3. The summed E-state index contributed by atoms with van der Waals surface area (Å²) in [6.07, 6.45) is 0.224. The smallest absolute Gasteiger partial charge is 0.251 e. The summed E-state index contributed by atoms with van der Waals surface area (Å²) >= 11 is 0. The Morgan fingerprint density at radius 3 is 2.50 bits per heavy atom. The molecule has 118 valence electrons. The van der Waals surface area contributed by atoms with Gasteiger partial charge in [-0.3, -0.25) is 25.2 Å².